The molecule has 0 bridgehead atoms. The Balaban J connectivity index is 5.24. The van der Waals surface area contributed by atoms with Crippen LogP contribution in [-0.2, 0) is 65.4 Å². The molecule has 0 spiro atoms. The van der Waals surface area contributed by atoms with Crippen LogP contribution in [0.2, 0.25) is 0 Å². The Morgan fingerprint density at radius 1 is 0.311 bits per heavy atom. The van der Waals surface area contributed by atoms with Crippen molar-refractivity contribution in [2.75, 3.05) is 39.6 Å². The van der Waals surface area contributed by atoms with Gasteiger partial charge in [-0.3, -0.25) is 37.3 Å². The maximum absolute atomic E-state index is 13.0. The topological polar surface area (TPSA) is 237 Å². The van der Waals surface area contributed by atoms with Gasteiger partial charge in [0.1, 0.15) is 19.3 Å². The van der Waals surface area contributed by atoms with Gasteiger partial charge < -0.3 is 33.8 Å². The molecule has 6 atom stereocenters. The zero-order chi connectivity index (χ0) is 66.8. The lowest BCUT2D eigenvalue weighted by molar-refractivity contribution is -0.161. The van der Waals surface area contributed by atoms with Crippen molar-refractivity contribution in [3.8, 4) is 0 Å². The smallest absolute Gasteiger partial charge is 0.462 e. The summed E-state index contributed by atoms with van der Waals surface area (Å²) in [5, 5.41) is 10.6. The van der Waals surface area contributed by atoms with E-state index in [-0.39, 0.29) is 25.7 Å². The van der Waals surface area contributed by atoms with Crippen LogP contribution in [0.1, 0.15) is 351 Å². The Morgan fingerprint density at radius 2 is 0.533 bits per heavy atom. The van der Waals surface area contributed by atoms with Gasteiger partial charge in [-0.25, -0.2) is 9.13 Å². The van der Waals surface area contributed by atoms with E-state index in [1.54, 1.807) is 0 Å². The molecule has 534 valence electrons. The summed E-state index contributed by atoms with van der Waals surface area (Å²) < 4.78 is 68.3. The SMILES string of the molecule is CCC(C)CCCCCCCCC(=O)O[C@H](COC(=O)CCCCCCCCC(C)C)COP(=O)(O)OC[C@H](O)COP(=O)(O)OC[C@@H](COC(=O)CCCCCCCCCCCCCCCC(C)C)OC(=O)CCCCCCCCCCCCCCC(C)C. The highest BCUT2D eigenvalue weighted by molar-refractivity contribution is 7.47. The van der Waals surface area contributed by atoms with E-state index in [9.17, 15) is 43.2 Å². The number of carbonyl (C=O) groups is 4. The van der Waals surface area contributed by atoms with Gasteiger partial charge in [-0.2, -0.15) is 0 Å². The lowest BCUT2D eigenvalue weighted by atomic mass is 10.00. The maximum Gasteiger partial charge on any atom is 0.472 e. The number of hydrogen-bond acceptors (Lipinski definition) is 15. The van der Waals surface area contributed by atoms with E-state index in [1.165, 1.54) is 148 Å². The summed E-state index contributed by atoms with van der Waals surface area (Å²) in [6.45, 7) is 14.1. The highest BCUT2D eigenvalue weighted by Crippen LogP contribution is 2.45. The van der Waals surface area contributed by atoms with Crippen LogP contribution in [0.3, 0.4) is 0 Å². The van der Waals surface area contributed by atoms with Gasteiger partial charge in [-0.1, -0.05) is 299 Å². The van der Waals surface area contributed by atoms with E-state index < -0.39 is 97.5 Å². The summed E-state index contributed by atoms with van der Waals surface area (Å²) in [5.74, 6) is 0.835. The van der Waals surface area contributed by atoms with E-state index >= 15 is 0 Å². The van der Waals surface area contributed by atoms with Crippen molar-refractivity contribution in [2.45, 2.75) is 369 Å². The predicted molar refractivity (Wildman–Crippen MR) is 363 cm³/mol. The predicted octanol–water partition coefficient (Wildman–Crippen LogP) is 20.1. The number of aliphatic hydroxyl groups excluding tert-OH is 1. The molecule has 17 nitrogen and oxygen atoms in total. The summed E-state index contributed by atoms with van der Waals surface area (Å²) in [6, 6.07) is 0. The van der Waals surface area contributed by atoms with Crippen LogP contribution >= 0.6 is 15.6 Å². The summed E-state index contributed by atoms with van der Waals surface area (Å²) in [5.41, 5.74) is 0. The minimum absolute atomic E-state index is 0.101. The van der Waals surface area contributed by atoms with Crippen LogP contribution in [0.25, 0.3) is 0 Å². The highest BCUT2D eigenvalue weighted by Gasteiger charge is 2.30. The fraction of sp³-hybridized carbons (Fsp3) is 0.944. The zero-order valence-electron chi connectivity index (χ0n) is 58.8. The number of rotatable bonds is 68. The van der Waals surface area contributed by atoms with Gasteiger partial charge in [0, 0.05) is 25.7 Å². The molecule has 90 heavy (non-hydrogen) atoms. The Morgan fingerprint density at radius 3 is 0.789 bits per heavy atom. The molecule has 0 fully saturated rings. The molecule has 0 aliphatic carbocycles. The van der Waals surface area contributed by atoms with E-state index in [1.807, 2.05) is 0 Å². The van der Waals surface area contributed by atoms with Gasteiger partial charge in [0.15, 0.2) is 12.2 Å². The molecule has 0 aromatic heterocycles. The third-order valence-electron chi connectivity index (χ3n) is 16.7. The molecule has 0 aromatic carbocycles. The monoisotopic (exact) mass is 1320 g/mol. The van der Waals surface area contributed by atoms with E-state index in [0.29, 0.717) is 31.6 Å². The quantitative estimate of drug-likeness (QED) is 0.0222. The van der Waals surface area contributed by atoms with Crippen molar-refractivity contribution in [3.05, 3.63) is 0 Å². The molecular weight excluding hydrogens is 1190 g/mol. The van der Waals surface area contributed by atoms with Crippen LogP contribution < -0.4 is 0 Å². The second-order valence-corrected chi connectivity index (χ2v) is 30.2. The van der Waals surface area contributed by atoms with Crippen molar-refractivity contribution in [1.29, 1.82) is 0 Å². The van der Waals surface area contributed by atoms with Gasteiger partial charge in [0.2, 0.25) is 0 Å². The van der Waals surface area contributed by atoms with Crippen molar-refractivity contribution in [2.24, 2.45) is 23.7 Å². The molecule has 0 rings (SSSR count). The summed E-state index contributed by atoms with van der Waals surface area (Å²) in [4.78, 5) is 72.5. The first kappa shape index (κ1) is 88.1. The summed E-state index contributed by atoms with van der Waals surface area (Å²) in [6.07, 6.45) is 43.3. The first-order chi connectivity index (χ1) is 43.1. The molecule has 0 radical (unpaired) electrons. The number of unbranched alkanes of at least 4 members (excludes halogenated alkanes) is 33. The number of carbonyl (C=O) groups excluding carboxylic acids is 4. The van der Waals surface area contributed by atoms with Crippen molar-refractivity contribution in [1.82, 2.24) is 0 Å². The average Bonchev–Trinajstić information content (AvgIpc) is 3.71. The van der Waals surface area contributed by atoms with Crippen molar-refractivity contribution in [3.63, 3.8) is 0 Å². The van der Waals surface area contributed by atoms with Crippen LogP contribution in [0.4, 0.5) is 0 Å². The van der Waals surface area contributed by atoms with Gasteiger partial charge in [0.25, 0.3) is 0 Å². The minimum atomic E-state index is -4.95. The Kier molecular flexibility index (Phi) is 59.4. The van der Waals surface area contributed by atoms with Gasteiger partial charge in [0.05, 0.1) is 26.4 Å². The number of ether oxygens (including phenoxy) is 4. The number of phosphoric acid groups is 2. The Bertz CT molecular complexity index is 1780. The molecule has 0 aromatic rings. The highest BCUT2D eigenvalue weighted by atomic mass is 31.2. The van der Waals surface area contributed by atoms with Gasteiger partial charge in [-0.05, 0) is 49.4 Å². The zero-order valence-corrected chi connectivity index (χ0v) is 60.6. The summed E-state index contributed by atoms with van der Waals surface area (Å²) in [7, 11) is -9.90. The van der Waals surface area contributed by atoms with Crippen LogP contribution in [0.5, 0.6) is 0 Å². The van der Waals surface area contributed by atoms with Crippen molar-refractivity contribution >= 4 is 39.5 Å². The molecule has 3 N–H and O–H groups in total. The second kappa shape index (κ2) is 60.7. The third-order valence-corrected chi connectivity index (χ3v) is 18.6. The molecule has 0 saturated heterocycles. The number of hydrogen-bond donors (Lipinski definition) is 3. The number of esters is 4. The number of phosphoric ester groups is 2. The normalized spacial score (nSPS) is 14.6. The van der Waals surface area contributed by atoms with E-state index in [0.717, 1.165) is 114 Å². The van der Waals surface area contributed by atoms with Gasteiger partial charge >= 0.3 is 39.5 Å². The average molecular weight is 1330 g/mol. The molecule has 3 unspecified atom stereocenters. The first-order valence-electron chi connectivity index (χ1n) is 36.7. The van der Waals surface area contributed by atoms with Gasteiger partial charge in [-0.15, -0.1) is 0 Å². The van der Waals surface area contributed by atoms with Crippen molar-refractivity contribution < 1.29 is 80.2 Å². The first-order valence-corrected chi connectivity index (χ1v) is 39.7. The molecule has 0 aliphatic heterocycles. The molecule has 0 aliphatic rings. The standard InChI is InChI=1S/C71H138O17P2/c1-9-64(8)50-42-34-28-30-38-46-54-71(76)88-67(58-82-69(74)52-44-36-29-27-33-41-49-63(6)7)60-86-90(79,80)84-56-65(72)55-83-89(77,78)85-59-66(87-70(75)53-45-37-26-22-18-14-13-16-20-24-32-40-48-62(4)5)57-81-68(73)51-43-35-25-21-17-12-10-11-15-19-23-31-39-47-61(2)3/h61-67,72H,9-60H2,1-8H3,(H,77,78)(H,79,80)/t64?,65-,66-,67-/m1/s1. The fourth-order valence-electron chi connectivity index (χ4n) is 10.6. The third kappa shape index (κ3) is 63.5. The van der Waals surface area contributed by atoms with E-state index in [4.69, 9.17) is 37.0 Å². The largest absolute Gasteiger partial charge is 0.472 e. The minimum Gasteiger partial charge on any atom is -0.462 e. The Hall–Kier alpha value is -1.94. The number of aliphatic hydroxyl groups is 1. The molecule has 0 saturated carbocycles. The van der Waals surface area contributed by atoms with E-state index in [2.05, 4.69) is 55.4 Å². The molecule has 0 heterocycles. The molecule has 0 amide bonds. The molecule has 19 heteroatoms. The van der Waals surface area contributed by atoms with Crippen LogP contribution in [-0.4, -0.2) is 96.7 Å². The lowest BCUT2D eigenvalue weighted by Gasteiger charge is -2.21. The fourth-order valence-corrected chi connectivity index (χ4v) is 12.2. The summed E-state index contributed by atoms with van der Waals surface area (Å²) >= 11 is 0. The lowest BCUT2D eigenvalue weighted by Crippen LogP contribution is -2.30. The van der Waals surface area contributed by atoms with Crippen LogP contribution in [0.15, 0.2) is 0 Å². The van der Waals surface area contributed by atoms with Crippen LogP contribution in [0, 0.1) is 23.7 Å². The Labute approximate surface area is 549 Å². The maximum atomic E-state index is 13.0. The second-order valence-electron chi connectivity index (χ2n) is 27.3. The molecular formula is C71H138O17P2.